The number of piperazine rings is 1. The highest BCUT2D eigenvalue weighted by molar-refractivity contribution is 5.95. The fourth-order valence-corrected chi connectivity index (χ4v) is 3.70. The number of rotatable bonds is 7. The molecule has 1 fully saturated rings. The van der Waals surface area contributed by atoms with Gasteiger partial charge in [0.25, 0.3) is 5.91 Å². The molecule has 2 amide bonds. The lowest BCUT2D eigenvalue weighted by Crippen LogP contribution is -2.60. The van der Waals surface area contributed by atoms with Crippen molar-refractivity contribution in [1.82, 2.24) is 15.1 Å². The Bertz CT molecular complexity index is 808. The van der Waals surface area contributed by atoms with E-state index in [4.69, 9.17) is 4.74 Å². The molecule has 1 atom stereocenters. The number of ether oxygens (including phenoxy) is 1. The Morgan fingerprint density at radius 2 is 1.76 bits per heavy atom. The smallest absolute Gasteiger partial charge is 0.253 e. The molecule has 0 unspecified atom stereocenters. The Morgan fingerprint density at radius 1 is 1.03 bits per heavy atom. The summed E-state index contributed by atoms with van der Waals surface area (Å²) < 4.78 is 5.12. The van der Waals surface area contributed by atoms with Gasteiger partial charge in [0.15, 0.2) is 0 Å². The normalized spacial score (nSPS) is 17.2. The van der Waals surface area contributed by atoms with E-state index in [0.29, 0.717) is 31.8 Å². The van der Waals surface area contributed by atoms with Crippen LogP contribution in [0.3, 0.4) is 0 Å². The van der Waals surface area contributed by atoms with Crippen LogP contribution in [-0.4, -0.2) is 68.0 Å². The Balaban J connectivity index is 1.65. The lowest BCUT2D eigenvalue weighted by Gasteiger charge is -2.40. The molecule has 1 aliphatic heterocycles. The van der Waals surface area contributed by atoms with Crippen LogP contribution < -0.4 is 5.32 Å². The number of hydrogen-bond donors (Lipinski definition) is 1. The summed E-state index contributed by atoms with van der Waals surface area (Å²) in [6.07, 6.45) is 0.878. The highest BCUT2D eigenvalue weighted by Crippen LogP contribution is 2.16. The minimum atomic E-state index is -0.339. The summed E-state index contributed by atoms with van der Waals surface area (Å²) >= 11 is 0. The molecule has 2 aromatic rings. The van der Waals surface area contributed by atoms with Crippen molar-refractivity contribution in [3.8, 4) is 0 Å². The standard InChI is InChI=1S/C23H29N3O3/c1-24-22(27)21-16-26(23(28)20-10-8-19(9-11-20)17-29-2)15-14-25(21)13-12-18-6-4-3-5-7-18/h3-11,21H,12-17H2,1-2H3,(H,24,27)/t21-/m1/s1. The molecule has 0 bridgehead atoms. The maximum absolute atomic E-state index is 13.0. The third-order valence-corrected chi connectivity index (χ3v) is 5.37. The lowest BCUT2D eigenvalue weighted by molar-refractivity contribution is -0.127. The zero-order valence-electron chi connectivity index (χ0n) is 17.1. The van der Waals surface area contributed by atoms with Crippen molar-refractivity contribution < 1.29 is 14.3 Å². The molecular formula is C23H29N3O3. The molecule has 154 valence electrons. The van der Waals surface area contributed by atoms with Gasteiger partial charge in [0.1, 0.15) is 6.04 Å². The molecule has 1 heterocycles. The van der Waals surface area contributed by atoms with Gasteiger partial charge in [-0.3, -0.25) is 14.5 Å². The first kappa shape index (κ1) is 21.0. The highest BCUT2D eigenvalue weighted by Gasteiger charge is 2.33. The van der Waals surface area contributed by atoms with Gasteiger partial charge in [0.05, 0.1) is 6.61 Å². The molecule has 0 radical (unpaired) electrons. The topological polar surface area (TPSA) is 61.9 Å². The van der Waals surface area contributed by atoms with Gasteiger partial charge in [-0.15, -0.1) is 0 Å². The van der Waals surface area contributed by atoms with Crippen LogP contribution in [0.5, 0.6) is 0 Å². The Labute approximate surface area is 172 Å². The number of likely N-dealkylation sites (N-methyl/N-ethyl adjacent to an activating group) is 1. The number of benzene rings is 2. The monoisotopic (exact) mass is 395 g/mol. The summed E-state index contributed by atoms with van der Waals surface area (Å²) in [4.78, 5) is 29.4. The van der Waals surface area contributed by atoms with Crippen molar-refractivity contribution in [3.63, 3.8) is 0 Å². The van der Waals surface area contributed by atoms with Crippen LogP contribution in [0.15, 0.2) is 54.6 Å². The van der Waals surface area contributed by atoms with E-state index >= 15 is 0 Å². The predicted molar refractivity (Wildman–Crippen MR) is 113 cm³/mol. The van der Waals surface area contributed by atoms with E-state index in [1.807, 2.05) is 42.5 Å². The first-order chi connectivity index (χ1) is 14.1. The van der Waals surface area contributed by atoms with Crippen LogP contribution in [0.1, 0.15) is 21.5 Å². The molecule has 0 spiro atoms. The summed E-state index contributed by atoms with van der Waals surface area (Å²) in [5, 5.41) is 2.75. The first-order valence-electron chi connectivity index (χ1n) is 9.99. The van der Waals surface area contributed by atoms with E-state index in [2.05, 4.69) is 22.3 Å². The van der Waals surface area contributed by atoms with E-state index in [0.717, 1.165) is 18.5 Å². The molecule has 0 aromatic heterocycles. The summed E-state index contributed by atoms with van der Waals surface area (Å²) in [6, 6.07) is 17.4. The summed E-state index contributed by atoms with van der Waals surface area (Å²) in [6.45, 7) is 3.00. The first-order valence-corrected chi connectivity index (χ1v) is 9.99. The Morgan fingerprint density at radius 3 is 2.41 bits per heavy atom. The zero-order valence-corrected chi connectivity index (χ0v) is 17.1. The molecule has 0 saturated carbocycles. The zero-order chi connectivity index (χ0) is 20.6. The number of hydrogen-bond acceptors (Lipinski definition) is 4. The van der Waals surface area contributed by atoms with Crippen LogP contribution in [0.25, 0.3) is 0 Å². The minimum absolute atomic E-state index is 0.0365. The maximum atomic E-state index is 13.0. The second-order valence-corrected chi connectivity index (χ2v) is 7.28. The average molecular weight is 396 g/mol. The molecule has 29 heavy (non-hydrogen) atoms. The van der Waals surface area contributed by atoms with Crippen molar-refractivity contribution in [1.29, 1.82) is 0 Å². The molecular weight excluding hydrogens is 366 g/mol. The number of carbonyl (C=O) groups is 2. The van der Waals surface area contributed by atoms with Crippen LogP contribution in [0.2, 0.25) is 0 Å². The Hall–Kier alpha value is -2.70. The second-order valence-electron chi connectivity index (χ2n) is 7.28. The van der Waals surface area contributed by atoms with Crippen molar-refractivity contribution in [2.75, 3.05) is 40.3 Å². The van der Waals surface area contributed by atoms with Crippen LogP contribution >= 0.6 is 0 Å². The number of nitrogens with one attached hydrogen (secondary N) is 1. The minimum Gasteiger partial charge on any atom is -0.380 e. The third-order valence-electron chi connectivity index (χ3n) is 5.37. The van der Waals surface area contributed by atoms with Gasteiger partial charge in [-0.05, 0) is 29.7 Å². The van der Waals surface area contributed by atoms with Crippen molar-refractivity contribution in [2.24, 2.45) is 0 Å². The van der Waals surface area contributed by atoms with Gasteiger partial charge in [-0.25, -0.2) is 0 Å². The predicted octanol–water partition coefficient (Wildman–Crippen LogP) is 1.95. The Kier molecular flexibility index (Phi) is 7.38. The third kappa shape index (κ3) is 5.43. The number of amides is 2. The van der Waals surface area contributed by atoms with Gasteiger partial charge in [0.2, 0.25) is 5.91 Å². The average Bonchev–Trinajstić information content (AvgIpc) is 2.78. The molecule has 1 N–H and O–H groups in total. The molecule has 3 rings (SSSR count). The van der Waals surface area contributed by atoms with Gasteiger partial charge in [0, 0.05) is 45.9 Å². The van der Waals surface area contributed by atoms with Crippen molar-refractivity contribution in [3.05, 3.63) is 71.3 Å². The molecule has 2 aromatic carbocycles. The van der Waals surface area contributed by atoms with E-state index in [1.54, 1.807) is 19.1 Å². The fraction of sp³-hybridized carbons (Fsp3) is 0.391. The van der Waals surface area contributed by atoms with Crippen LogP contribution in [0.4, 0.5) is 0 Å². The molecule has 6 heteroatoms. The fourth-order valence-electron chi connectivity index (χ4n) is 3.70. The van der Waals surface area contributed by atoms with Crippen LogP contribution in [0, 0.1) is 0 Å². The quantitative estimate of drug-likeness (QED) is 0.778. The number of carbonyl (C=O) groups excluding carboxylic acids is 2. The molecule has 1 saturated heterocycles. The molecule has 6 nitrogen and oxygen atoms in total. The van der Waals surface area contributed by atoms with Crippen LogP contribution in [-0.2, 0) is 22.6 Å². The van der Waals surface area contributed by atoms with E-state index in [9.17, 15) is 9.59 Å². The number of methoxy groups -OCH3 is 1. The van der Waals surface area contributed by atoms with Gasteiger partial charge in [-0.2, -0.15) is 0 Å². The summed E-state index contributed by atoms with van der Waals surface area (Å²) in [7, 11) is 3.29. The summed E-state index contributed by atoms with van der Waals surface area (Å²) in [5.41, 5.74) is 2.91. The van der Waals surface area contributed by atoms with Crippen molar-refractivity contribution >= 4 is 11.8 Å². The SMILES string of the molecule is CNC(=O)[C@H]1CN(C(=O)c2ccc(COC)cc2)CCN1CCc1ccccc1. The summed E-state index contributed by atoms with van der Waals surface area (Å²) in [5.74, 6) is -0.0865. The second kappa shape index (κ2) is 10.2. The van der Waals surface area contributed by atoms with E-state index in [-0.39, 0.29) is 17.9 Å². The van der Waals surface area contributed by atoms with E-state index < -0.39 is 0 Å². The molecule has 1 aliphatic rings. The lowest BCUT2D eigenvalue weighted by atomic mass is 10.1. The highest BCUT2D eigenvalue weighted by atomic mass is 16.5. The largest absolute Gasteiger partial charge is 0.380 e. The maximum Gasteiger partial charge on any atom is 0.253 e. The van der Waals surface area contributed by atoms with Gasteiger partial charge >= 0.3 is 0 Å². The number of nitrogens with zero attached hydrogens (tertiary/aromatic N) is 2. The van der Waals surface area contributed by atoms with Crippen molar-refractivity contribution in [2.45, 2.75) is 19.1 Å². The van der Waals surface area contributed by atoms with Gasteiger partial charge in [-0.1, -0.05) is 42.5 Å². The molecule has 0 aliphatic carbocycles. The van der Waals surface area contributed by atoms with Gasteiger partial charge < -0.3 is 15.0 Å². The van der Waals surface area contributed by atoms with E-state index in [1.165, 1.54) is 5.56 Å².